The number of piperidine rings is 1. The normalized spacial score (nSPS) is 32.6. The van der Waals surface area contributed by atoms with Crippen LogP contribution in [0.1, 0.15) is 46.0 Å². The fraction of sp³-hybridized carbons (Fsp3) is 1.00. The second-order valence-electron chi connectivity index (χ2n) is 6.01. The van der Waals surface area contributed by atoms with E-state index >= 15 is 0 Å². The SMILES string of the molecule is CCCNC1CC(C)CN(CC2CCC2)C1. The molecule has 2 heteroatoms. The Hall–Kier alpha value is -0.0800. The van der Waals surface area contributed by atoms with Gasteiger partial charge in [0.15, 0.2) is 0 Å². The van der Waals surface area contributed by atoms with E-state index in [1.807, 2.05) is 0 Å². The molecular weight excluding hydrogens is 196 g/mol. The molecule has 0 bridgehead atoms. The molecule has 1 saturated carbocycles. The van der Waals surface area contributed by atoms with Gasteiger partial charge in [-0.3, -0.25) is 0 Å². The van der Waals surface area contributed by atoms with Crippen molar-refractivity contribution in [1.82, 2.24) is 10.2 Å². The zero-order valence-electron chi connectivity index (χ0n) is 11.0. The van der Waals surface area contributed by atoms with Crippen molar-refractivity contribution in [2.75, 3.05) is 26.2 Å². The molecule has 0 amide bonds. The first-order valence-corrected chi connectivity index (χ1v) is 7.23. The maximum absolute atomic E-state index is 3.70. The molecule has 2 atom stereocenters. The Morgan fingerprint density at radius 3 is 2.69 bits per heavy atom. The Bertz CT molecular complexity index is 201. The lowest BCUT2D eigenvalue weighted by Crippen LogP contribution is -2.50. The minimum Gasteiger partial charge on any atom is -0.313 e. The van der Waals surface area contributed by atoms with Crippen LogP contribution in [-0.4, -0.2) is 37.1 Å². The second-order valence-corrected chi connectivity index (χ2v) is 6.01. The molecule has 94 valence electrons. The van der Waals surface area contributed by atoms with Gasteiger partial charge in [-0.1, -0.05) is 20.3 Å². The fourth-order valence-electron chi connectivity index (χ4n) is 3.15. The summed E-state index contributed by atoms with van der Waals surface area (Å²) < 4.78 is 0. The Balaban J connectivity index is 1.74. The van der Waals surface area contributed by atoms with E-state index in [4.69, 9.17) is 0 Å². The van der Waals surface area contributed by atoms with Gasteiger partial charge < -0.3 is 10.2 Å². The highest BCUT2D eigenvalue weighted by Gasteiger charge is 2.27. The van der Waals surface area contributed by atoms with Crippen LogP contribution in [0.25, 0.3) is 0 Å². The molecule has 0 aromatic carbocycles. The second kappa shape index (κ2) is 6.02. The van der Waals surface area contributed by atoms with Crippen molar-refractivity contribution < 1.29 is 0 Å². The minimum absolute atomic E-state index is 0.753. The summed E-state index contributed by atoms with van der Waals surface area (Å²) in [7, 11) is 0. The Labute approximate surface area is 101 Å². The van der Waals surface area contributed by atoms with Crippen LogP contribution < -0.4 is 5.32 Å². The van der Waals surface area contributed by atoms with E-state index in [0.717, 1.165) is 17.9 Å². The fourth-order valence-corrected chi connectivity index (χ4v) is 3.15. The lowest BCUT2D eigenvalue weighted by Gasteiger charge is -2.40. The molecule has 0 radical (unpaired) electrons. The monoisotopic (exact) mass is 224 g/mol. The predicted octanol–water partition coefficient (Wildman–Crippen LogP) is 2.50. The molecule has 0 spiro atoms. The number of likely N-dealkylation sites (tertiary alicyclic amines) is 1. The van der Waals surface area contributed by atoms with E-state index in [2.05, 4.69) is 24.1 Å². The molecule has 2 aliphatic rings. The largest absolute Gasteiger partial charge is 0.313 e. The zero-order valence-corrected chi connectivity index (χ0v) is 11.0. The maximum Gasteiger partial charge on any atom is 0.0198 e. The van der Waals surface area contributed by atoms with Crippen LogP contribution in [0.4, 0.5) is 0 Å². The van der Waals surface area contributed by atoms with Crippen molar-refractivity contribution in [2.24, 2.45) is 11.8 Å². The first-order valence-electron chi connectivity index (χ1n) is 7.23. The molecule has 0 aromatic rings. The summed E-state index contributed by atoms with van der Waals surface area (Å²) in [6.45, 7) is 9.85. The number of nitrogens with zero attached hydrogens (tertiary/aromatic N) is 1. The van der Waals surface area contributed by atoms with E-state index in [-0.39, 0.29) is 0 Å². The van der Waals surface area contributed by atoms with Crippen LogP contribution in [0.5, 0.6) is 0 Å². The Morgan fingerprint density at radius 1 is 1.25 bits per heavy atom. The molecular formula is C14H28N2. The first kappa shape index (κ1) is 12.4. The van der Waals surface area contributed by atoms with Crippen LogP contribution in [0, 0.1) is 11.8 Å². The van der Waals surface area contributed by atoms with E-state index in [0.29, 0.717) is 0 Å². The molecule has 2 rings (SSSR count). The Kier molecular flexibility index (Phi) is 4.66. The quantitative estimate of drug-likeness (QED) is 0.772. The van der Waals surface area contributed by atoms with Gasteiger partial charge in [0.05, 0.1) is 0 Å². The number of hydrogen-bond acceptors (Lipinski definition) is 2. The molecule has 2 fully saturated rings. The van der Waals surface area contributed by atoms with Crippen molar-refractivity contribution in [3.8, 4) is 0 Å². The maximum atomic E-state index is 3.70. The van der Waals surface area contributed by atoms with Gasteiger partial charge >= 0.3 is 0 Å². The highest BCUT2D eigenvalue weighted by atomic mass is 15.2. The van der Waals surface area contributed by atoms with Crippen molar-refractivity contribution in [3.05, 3.63) is 0 Å². The van der Waals surface area contributed by atoms with Gasteiger partial charge in [0.2, 0.25) is 0 Å². The molecule has 2 unspecified atom stereocenters. The molecule has 1 aliphatic heterocycles. The minimum atomic E-state index is 0.753. The average molecular weight is 224 g/mol. The van der Waals surface area contributed by atoms with Crippen LogP contribution in [-0.2, 0) is 0 Å². The summed E-state index contributed by atoms with van der Waals surface area (Å²) in [4.78, 5) is 2.71. The summed E-state index contributed by atoms with van der Waals surface area (Å²) in [5.74, 6) is 1.90. The molecule has 0 aromatic heterocycles. The van der Waals surface area contributed by atoms with Crippen LogP contribution in [0.15, 0.2) is 0 Å². The van der Waals surface area contributed by atoms with Crippen LogP contribution in [0.3, 0.4) is 0 Å². The van der Waals surface area contributed by atoms with Gasteiger partial charge in [-0.05, 0) is 44.1 Å². The lowest BCUT2D eigenvalue weighted by atomic mass is 9.84. The van der Waals surface area contributed by atoms with Gasteiger partial charge in [0.1, 0.15) is 0 Å². The lowest BCUT2D eigenvalue weighted by molar-refractivity contribution is 0.108. The van der Waals surface area contributed by atoms with E-state index in [1.54, 1.807) is 0 Å². The van der Waals surface area contributed by atoms with Crippen molar-refractivity contribution in [1.29, 1.82) is 0 Å². The van der Waals surface area contributed by atoms with Crippen molar-refractivity contribution in [2.45, 2.75) is 52.0 Å². The topological polar surface area (TPSA) is 15.3 Å². The van der Waals surface area contributed by atoms with E-state index in [1.165, 1.54) is 58.3 Å². The third-order valence-corrected chi connectivity index (χ3v) is 4.16. The molecule has 16 heavy (non-hydrogen) atoms. The Morgan fingerprint density at radius 2 is 2.06 bits per heavy atom. The van der Waals surface area contributed by atoms with Crippen molar-refractivity contribution in [3.63, 3.8) is 0 Å². The number of hydrogen-bond donors (Lipinski definition) is 1. The summed E-state index contributed by atoms with van der Waals surface area (Å²) in [6, 6.07) is 0.753. The molecule has 2 nitrogen and oxygen atoms in total. The van der Waals surface area contributed by atoms with Gasteiger partial charge in [-0.15, -0.1) is 0 Å². The molecule has 1 heterocycles. The third-order valence-electron chi connectivity index (χ3n) is 4.16. The molecule has 1 aliphatic carbocycles. The van der Waals surface area contributed by atoms with Gasteiger partial charge in [0, 0.05) is 25.7 Å². The third kappa shape index (κ3) is 3.46. The zero-order chi connectivity index (χ0) is 11.4. The molecule has 1 N–H and O–H groups in total. The van der Waals surface area contributed by atoms with Gasteiger partial charge in [-0.25, -0.2) is 0 Å². The summed E-state index contributed by atoms with van der Waals surface area (Å²) in [6.07, 6.45) is 7.08. The summed E-state index contributed by atoms with van der Waals surface area (Å²) >= 11 is 0. The van der Waals surface area contributed by atoms with Gasteiger partial charge in [0.25, 0.3) is 0 Å². The van der Waals surface area contributed by atoms with E-state index in [9.17, 15) is 0 Å². The smallest absolute Gasteiger partial charge is 0.0198 e. The van der Waals surface area contributed by atoms with Crippen LogP contribution >= 0.6 is 0 Å². The van der Waals surface area contributed by atoms with Crippen LogP contribution in [0.2, 0.25) is 0 Å². The number of nitrogens with one attached hydrogen (secondary N) is 1. The summed E-state index contributed by atoms with van der Waals surface area (Å²) in [5.41, 5.74) is 0. The standard InChI is InChI=1S/C14H28N2/c1-3-7-15-14-8-12(2)9-16(11-14)10-13-5-4-6-13/h12-15H,3-11H2,1-2H3. The van der Waals surface area contributed by atoms with E-state index < -0.39 is 0 Å². The summed E-state index contributed by atoms with van der Waals surface area (Å²) in [5, 5.41) is 3.70. The molecule has 1 saturated heterocycles. The highest BCUT2D eigenvalue weighted by Crippen LogP contribution is 2.28. The highest BCUT2D eigenvalue weighted by molar-refractivity contribution is 4.84. The predicted molar refractivity (Wildman–Crippen MR) is 69.6 cm³/mol. The number of rotatable bonds is 5. The first-order chi connectivity index (χ1) is 7.78. The van der Waals surface area contributed by atoms with Crippen molar-refractivity contribution >= 4 is 0 Å². The average Bonchev–Trinajstić information content (AvgIpc) is 2.20. The van der Waals surface area contributed by atoms with Gasteiger partial charge in [-0.2, -0.15) is 0 Å².